The minimum absolute atomic E-state index is 0.305. The number of thioether (sulfide) groups is 1. The summed E-state index contributed by atoms with van der Waals surface area (Å²) >= 11 is 1.31. The van der Waals surface area contributed by atoms with Crippen LogP contribution in [0.25, 0.3) is 11.3 Å². The minimum Gasteiger partial charge on any atom is -0.476 e. The van der Waals surface area contributed by atoms with Crippen LogP contribution in [-0.4, -0.2) is 52.4 Å². The van der Waals surface area contributed by atoms with Gasteiger partial charge in [0.2, 0.25) is 0 Å². The molecule has 0 unspecified atom stereocenters. The normalized spacial score (nSPS) is 22.5. The first-order valence-electron chi connectivity index (χ1n) is 10.1. The smallest absolute Gasteiger partial charge is 0.303 e. The van der Waals surface area contributed by atoms with Gasteiger partial charge in [0.1, 0.15) is 5.75 Å². The zero-order valence-corrected chi connectivity index (χ0v) is 19.1. The Balaban J connectivity index is 1.87. The fourth-order valence-corrected chi connectivity index (χ4v) is 4.59. The second-order valence-corrected chi connectivity index (χ2v) is 8.44. The van der Waals surface area contributed by atoms with E-state index in [0.717, 1.165) is 17.0 Å². The number of carbonyl (C=O) groups is 3. The molecule has 0 saturated carbocycles. The van der Waals surface area contributed by atoms with Gasteiger partial charge < -0.3 is 18.9 Å². The van der Waals surface area contributed by atoms with Crippen molar-refractivity contribution in [2.45, 2.75) is 51.4 Å². The van der Waals surface area contributed by atoms with Crippen LogP contribution in [0.2, 0.25) is 0 Å². The van der Waals surface area contributed by atoms with E-state index < -0.39 is 41.7 Å². The average molecular weight is 460 g/mol. The summed E-state index contributed by atoms with van der Waals surface area (Å²) in [6.45, 7) is 5.68. The molecular weight excluding hydrogens is 434 g/mol. The van der Waals surface area contributed by atoms with Crippen LogP contribution in [0.3, 0.4) is 0 Å². The molecular formula is C23H25NO7S. The van der Waals surface area contributed by atoms with Crippen LogP contribution in [0.4, 0.5) is 0 Å². The Morgan fingerprint density at radius 2 is 1.56 bits per heavy atom. The van der Waals surface area contributed by atoms with Crippen molar-refractivity contribution in [1.29, 1.82) is 0 Å². The highest BCUT2D eigenvalue weighted by molar-refractivity contribution is 7.99. The third kappa shape index (κ3) is 6.23. The van der Waals surface area contributed by atoms with E-state index in [1.165, 1.54) is 32.5 Å². The fraction of sp³-hybridized carbons (Fsp3) is 0.391. The summed E-state index contributed by atoms with van der Waals surface area (Å²) < 4.78 is 22.3. The highest BCUT2D eigenvalue weighted by Gasteiger charge is 2.47. The van der Waals surface area contributed by atoms with E-state index in [1.54, 1.807) is 6.07 Å². The number of carbonyl (C=O) groups excluding carboxylic acids is 3. The van der Waals surface area contributed by atoms with Crippen LogP contribution in [-0.2, 0) is 28.6 Å². The second-order valence-electron chi connectivity index (χ2n) is 7.31. The van der Waals surface area contributed by atoms with Crippen molar-refractivity contribution in [3.05, 3.63) is 48.2 Å². The largest absolute Gasteiger partial charge is 0.476 e. The maximum atomic E-state index is 11.8. The molecule has 0 bridgehead atoms. The first-order valence-corrected chi connectivity index (χ1v) is 11.1. The predicted octanol–water partition coefficient (Wildman–Crippen LogP) is 3.30. The minimum atomic E-state index is -0.992. The molecule has 4 atom stereocenters. The number of esters is 3. The maximum Gasteiger partial charge on any atom is 0.303 e. The number of nitrogens with zero attached hydrogens (tertiary/aromatic N) is 1. The van der Waals surface area contributed by atoms with E-state index in [-0.39, 0.29) is 0 Å². The number of aryl methyl sites for hydroxylation is 1. The van der Waals surface area contributed by atoms with Crippen molar-refractivity contribution < 1.29 is 33.3 Å². The Bertz CT molecular complexity index is 996. The summed E-state index contributed by atoms with van der Waals surface area (Å²) in [6, 6.07) is 13.1. The van der Waals surface area contributed by atoms with Crippen LogP contribution in [0, 0.1) is 6.92 Å². The van der Waals surface area contributed by atoms with Crippen LogP contribution in [0.1, 0.15) is 26.5 Å². The van der Waals surface area contributed by atoms with E-state index in [2.05, 4.69) is 4.98 Å². The summed E-state index contributed by atoms with van der Waals surface area (Å²) in [6.07, 6.45) is -2.73. The van der Waals surface area contributed by atoms with Gasteiger partial charge in [-0.05, 0) is 31.2 Å². The fourth-order valence-electron chi connectivity index (χ4n) is 3.38. The average Bonchev–Trinajstić information content (AvgIpc) is 2.71. The van der Waals surface area contributed by atoms with Gasteiger partial charge in [0.05, 0.1) is 5.69 Å². The van der Waals surface area contributed by atoms with E-state index in [0.29, 0.717) is 11.5 Å². The van der Waals surface area contributed by atoms with Crippen molar-refractivity contribution in [3.8, 4) is 17.0 Å². The number of benzene rings is 1. The third-order valence-corrected chi connectivity index (χ3v) is 5.79. The molecule has 2 aromatic rings. The third-order valence-electron chi connectivity index (χ3n) is 4.58. The number of ether oxygens (including phenoxy) is 4. The second kappa shape index (κ2) is 10.5. The Morgan fingerprint density at radius 1 is 0.906 bits per heavy atom. The number of rotatable bonds is 6. The van der Waals surface area contributed by atoms with Gasteiger partial charge >= 0.3 is 17.9 Å². The lowest BCUT2D eigenvalue weighted by Gasteiger charge is -2.39. The monoisotopic (exact) mass is 459 g/mol. The molecule has 0 amide bonds. The lowest BCUT2D eigenvalue weighted by Crippen LogP contribution is -2.55. The van der Waals surface area contributed by atoms with Gasteiger partial charge in [-0.2, -0.15) is 0 Å². The van der Waals surface area contributed by atoms with Gasteiger partial charge in [0, 0.05) is 37.8 Å². The summed E-state index contributed by atoms with van der Waals surface area (Å²) in [4.78, 5) is 39.6. The van der Waals surface area contributed by atoms with Crippen molar-refractivity contribution in [1.82, 2.24) is 4.98 Å². The summed E-state index contributed by atoms with van der Waals surface area (Å²) in [5.41, 5.74) is 1.88. The van der Waals surface area contributed by atoms with Crippen molar-refractivity contribution in [3.63, 3.8) is 0 Å². The predicted molar refractivity (Wildman–Crippen MR) is 118 cm³/mol. The highest BCUT2D eigenvalue weighted by Crippen LogP contribution is 2.35. The SMILES string of the molecule is CC(=O)O[C@@H]1[C@@H](OC(C)=O)[C@H](OC(C)=O)CS[C@H]1Oc1cccc(-c2cccc(C)n2)c1. The van der Waals surface area contributed by atoms with Crippen LogP contribution >= 0.6 is 11.8 Å². The molecule has 1 aromatic heterocycles. The molecule has 1 fully saturated rings. The van der Waals surface area contributed by atoms with E-state index in [9.17, 15) is 14.4 Å². The summed E-state index contributed by atoms with van der Waals surface area (Å²) in [5, 5.41) is 0. The number of pyridine rings is 1. The summed E-state index contributed by atoms with van der Waals surface area (Å²) in [5.74, 6) is -0.830. The van der Waals surface area contributed by atoms with Gasteiger partial charge in [-0.15, -0.1) is 11.8 Å². The molecule has 32 heavy (non-hydrogen) atoms. The molecule has 1 aliphatic heterocycles. The molecule has 1 saturated heterocycles. The van der Waals surface area contributed by atoms with Gasteiger partial charge in [-0.25, -0.2) is 0 Å². The van der Waals surface area contributed by atoms with Crippen molar-refractivity contribution >= 4 is 29.7 Å². The lowest BCUT2D eigenvalue weighted by atomic mass is 10.1. The van der Waals surface area contributed by atoms with Crippen molar-refractivity contribution in [2.24, 2.45) is 0 Å². The maximum absolute atomic E-state index is 11.8. The van der Waals surface area contributed by atoms with Crippen LogP contribution < -0.4 is 4.74 Å². The molecule has 9 heteroatoms. The van der Waals surface area contributed by atoms with Crippen LogP contribution in [0.5, 0.6) is 5.75 Å². The molecule has 2 heterocycles. The highest BCUT2D eigenvalue weighted by atomic mass is 32.2. The van der Waals surface area contributed by atoms with Gasteiger partial charge in [-0.1, -0.05) is 18.2 Å². The molecule has 0 aliphatic carbocycles. The quantitative estimate of drug-likeness (QED) is 0.476. The number of hydrogen-bond donors (Lipinski definition) is 0. The first kappa shape index (κ1) is 23.6. The first-order chi connectivity index (χ1) is 15.2. The Kier molecular flexibility index (Phi) is 7.74. The topological polar surface area (TPSA) is 101 Å². The van der Waals surface area contributed by atoms with E-state index in [1.807, 2.05) is 43.3 Å². The molecule has 1 aromatic carbocycles. The standard InChI is InChI=1S/C23H25NO7S/c1-13-7-5-10-19(24-13)17-8-6-9-18(11-17)31-23-22(30-16(4)27)21(29-15(3)26)20(12-32-23)28-14(2)25/h5-11,20-23H,12H2,1-4H3/t20-,21+,22-,23-/m1/s1. The molecule has 8 nitrogen and oxygen atoms in total. The Hall–Kier alpha value is -3.07. The summed E-state index contributed by atoms with van der Waals surface area (Å²) in [7, 11) is 0. The van der Waals surface area contributed by atoms with Gasteiger partial charge in [0.15, 0.2) is 23.7 Å². The van der Waals surface area contributed by atoms with E-state index >= 15 is 0 Å². The Morgan fingerprint density at radius 3 is 2.22 bits per heavy atom. The molecule has 1 aliphatic rings. The molecule has 3 rings (SSSR count). The lowest BCUT2D eigenvalue weighted by molar-refractivity contribution is -0.186. The zero-order valence-electron chi connectivity index (χ0n) is 18.3. The van der Waals surface area contributed by atoms with Gasteiger partial charge in [-0.3, -0.25) is 19.4 Å². The number of aromatic nitrogens is 1. The Labute approximate surface area is 190 Å². The zero-order chi connectivity index (χ0) is 23.3. The van der Waals surface area contributed by atoms with Gasteiger partial charge in [0.25, 0.3) is 0 Å². The molecule has 0 N–H and O–H groups in total. The van der Waals surface area contributed by atoms with Crippen LogP contribution in [0.15, 0.2) is 42.5 Å². The van der Waals surface area contributed by atoms with E-state index in [4.69, 9.17) is 18.9 Å². The molecule has 0 spiro atoms. The molecule has 0 radical (unpaired) electrons. The van der Waals surface area contributed by atoms with Crippen molar-refractivity contribution in [2.75, 3.05) is 5.75 Å². The molecule has 170 valence electrons. The number of hydrogen-bond acceptors (Lipinski definition) is 9.